The average molecular weight is 381 g/mol. The first-order valence-corrected chi connectivity index (χ1v) is 9.19. The minimum Gasteiger partial charge on any atom is -0.371 e. The highest BCUT2D eigenvalue weighted by Gasteiger charge is 2.26. The molecule has 7 heteroatoms. The van der Waals surface area contributed by atoms with Gasteiger partial charge in [-0.2, -0.15) is 4.98 Å². The van der Waals surface area contributed by atoms with Crippen LogP contribution < -0.4 is 5.32 Å². The molecule has 2 aromatic rings. The van der Waals surface area contributed by atoms with Gasteiger partial charge in [-0.1, -0.05) is 36.3 Å². The van der Waals surface area contributed by atoms with Crippen LogP contribution in [0.4, 0.5) is 0 Å². The molecule has 1 N–H and O–H groups in total. The zero-order valence-corrected chi connectivity index (χ0v) is 16.6. The molecular weight excluding hydrogens is 352 g/mol. The second-order valence-electron chi connectivity index (χ2n) is 6.43. The molecule has 0 saturated carbocycles. The van der Waals surface area contributed by atoms with E-state index in [1.54, 1.807) is 0 Å². The van der Waals surface area contributed by atoms with Gasteiger partial charge in [-0.15, -0.1) is 12.4 Å². The average Bonchev–Trinajstić information content (AvgIpc) is 3.11. The van der Waals surface area contributed by atoms with E-state index in [-0.39, 0.29) is 18.5 Å². The van der Waals surface area contributed by atoms with Crippen molar-refractivity contribution in [2.24, 2.45) is 0 Å². The van der Waals surface area contributed by atoms with Gasteiger partial charge in [-0.25, -0.2) is 0 Å². The summed E-state index contributed by atoms with van der Waals surface area (Å²) in [6.45, 7) is 10.3. The Morgan fingerprint density at radius 1 is 1.31 bits per heavy atom. The molecule has 3 rings (SSSR count). The maximum Gasteiger partial charge on any atom is 0.240 e. The Morgan fingerprint density at radius 3 is 2.77 bits per heavy atom. The number of rotatable bonds is 7. The fourth-order valence-corrected chi connectivity index (χ4v) is 3.24. The van der Waals surface area contributed by atoms with Gasteiger partial charge in [0, 0.05) is 32.3 Å². The van der Waals surface area contributed by atoms with Crippen molar-refractivity contribution in [3.8, 4) is 0 Å². The van der Waals surface area contributed by atoms with E-state index in [2.05, 4.69) is 51.5 Å². The largest absolute Gasteiger partial charge is 0.371 e. The van der Waals surface area contributed by atoms with Crippen LogP contribution in [0.15, 0.2) is 28.8 Å². The van der Waals surface area contributed by atoms with E-state index in [0.717, 1.165) is 26.1 Å². The molecule has 0 aliphatic carbocycles. The molecule has 1 saturated heterocycles. The molecule has 144 valence electrons. The highest BCUT2D eigenvalue weighted by Crippen LogP contribution is 2.25. The van der Waals surface area contributed by atoms with Crippen LogP contribution in [0.5, 0.6) is 0 Å². The SMILES string of the molecule is CCOC(C)c1noc(CN2CCNCC2c2ccc(CC)cc2)n1.Cl. The van der Waals surface area contributed by atoms with Gasteiger partial charge in [0.2, 0.25) is 5.89 Å². The molecule has 0 bridgehead atoms. The molecule has 0 spiro atoms. The van der Waals surface area contributed by atoms with Crippen molar-refractivity contribution in [2.75, 3.05) is 26.2 Å². The van der Waals surface area contributed by atoms with Crippen molar-refractivity contribution in [2.45, 2.75) is 45.9 Å². The van der Waals surface area contributed by atoms with Gasteiger partial charge in [0.1, 0.15) is 6.10 Å². The number of nitrogens with zero attached hydrogens (tertiary/aromatic N) is 3. The number of piperazine rings is 1. The highest BCUT2D eigenvalue weighted by molar-refractivity contribution is 5.85. The third kappa shape index (κ3) is 5.04. The molecular formula is C19H29ClN4O2. The van der Waals surface area contributed by atoms with Crippen LogP contribution >= 0.6 is 12.4 Å². The maximum absolute atomic E-state index is 5.53. The van der Waals surface area contributed by atoms with Gasteiger partial charge in [-0.3, -0.25) is 4.90 Å². The lowest BCUT2D eigenvalue weighted by atomic mass is 10.0. The molecule has 1 aromatic carbocycles. The summed E-state index contributed by atoms with van der Waals surface area (Å²) in [6, 6.07) is 9.23. The monoisotopic (exact) mass is 380 g/mol. The van der Waals surface area contributed by atoms with Crippen LogP contribution in [0.3, 0.4) is 0 Å². The number of benzene rings is 1. The molecule has 1 aromatic heterocycles. The van der Waals surface area contributed by atoms with Crippen molar-refractivity contribution < 1.29 is 9.26 Å². The Labute approximate surface area is 161 Å². The minimum absolute atomic E-state index is 0. The first-order valence-electron chi connectivity index (χ1n) is 9.19. The summed E-state index contributed by atoms with van der Waals surface area (Å²) < 4.78 is 11.0. The summed E-state index contributed by atoms with van der Waals surface area (Å²) in [5.41, 5.74) is 2.69. The van der Waals surface area contributed by atoms with E-state index in [1.807, 2.05) is 13.8 Å². The first kappa shape index (κ1) is 20.8. The predicted molar refractivity (Wildman–Crippen MR) is 103 cm³/mol. The maximum atomic E-state index is 5.53. The van der Waals surface area contributed by atoms with E-state index < -0.39 is 0 Å². The Bertz CT molecular complexity index is 662. The van der Waals surface area contributed by atoms with Crippen molar-refractivity contribution in [1.82, 2.24) is 20.4 Å². The third-order valence-corrected chi connectivity index (χ3v) is 4.73. The van der Waals surface area contributed by atoms with Crippen molar-refractivity contribution in [1.29, 1.82) is 0 Å². The van der Waals surface area contributed by atoms with Gasteiger partial charge in [-0.05, 0) is 31.4 Å². The second-order valence-corrected chi connectivity index (χ2v) is 6.43. The van der Waals surface area contributed by atoms with Gasteiger partial charge >= 0.3 is 0 Å². The summed E-state index contributed by atoms with van der Waals surface area (Å²) in [5.74, 6) is 1.27. The molecule has 0 amide bonds. The first-order chi connectivity index (χ1) is 12.2. The Morgan fingerprint density at radius 2 is 2.08 bits per heavy atom. The third-order valence-electron chi connectivity index (χ3n) is 4.73. The summed E-state index contributed by atoms with van der Waals surface area (Å²) in [5, 5.41) is 7.56. The summed E-state index contributed by atoms with van der Waals surface area (Å²) in [7, 11) is 0. The van der Waals surface area contributed by atoms with Gasteiger partial charge in [0.15, 0.2) is 5.82 Å². The number of aryl methyl sites for hydroxylation is 1. The lowest BCUT2D eigenvalue weighted by Gasteiger charge is -2.35. The van der Waals surface area contributed by atoms with Crippen LogP contribution in [-0.4, -0.2) is 41.3 Å². The molecule has 6 nitrogen and oxygen atoms in total. The molecule has 2 heterocycles. The zero-order valence-electron chi connectivity index (χ0n) is 15.8. The molecule has 2 atom stereocenters. The van der Waals surface area contributed by atoms with E-state index in [4.69, 9.17) is 9.26 Å². The van der Waals surface area contributed by atoms with Gasteiger partial charge in [0.25, 0.3) is 0 Å². The summed E-state index contributed by atoms with van der Waals surface area (Å²) in [6.07, 6.45) is 0.929. The number of hydrogen-bond acceptors (Lipinski definition) is 6. The number of ether oxygens (including phenoxy) is 1. The second kappa shape index (κ2) is 10.0. The minimum atomic E-state index is -0.136. The smallest absolute Gasteiger partial charge is 0.240 e. The van der Waals surface area contributed by atoms with Crippen molar-refractivity contribution >= 4 is 12.4 Å². The van der Waals surface area contributed by atoms with Crippen molar-refractivity contribution in [3.05, 3.63) is 47.1 Å². The Hall–Kier alpha value is -1.47. The van der Waals surface area contributed by atoms with E-state index in [1.165, 1.54) is 11.1 Å². The van der Waals surface area contributed by atoms with Gasteiger partial charge < -0.3 is 14.6 Å². The van der Waals surface area contributed by atoms with Crippen LogP contribution in [-0.2, 0) is 17.7 Å². The standard InChI is InChI=1S/C19H28N4O2.ClH/c1-4-15-6-8-16(9-7-15)17-12-20-10-11-23(17)13-18-21-19(22-25-18)14(3)24-5-2;/h6-9,14,17,20H,4-5,10-13H2,1-3H3;1H. The lowest BCUT2D eigenvalue weighted by molar-refractivity contribution is 0.0683. The summed E-state index contributed by atoms with van der Waals surface area (Å²) >= 11 is 0. The summed E-state index contributed by atoms with van der Waals surface area (Å²) in [4.78, 5) is 6.92. The molecule has 26 heavy (non-hydrogen) atoms. The van der Waals surface area contributed by atoms with Crippen molar-refractivity contribution in [3.63, 3.8) is 0 Å². The van der Waals surface area contributed by atoms with E-state index in [0.29, 0.717) is 30.9 Å². The van der Waals surface area contributed by atoms with Crippen LogP contribution in [0, 0.1) is 0 Å². The van der Waals surface area contributed by atoms with Crippen LogP contribution in [0.2, 0.25) is 0 Å². The number of aromatic nitrogens is 2. The highest BCUT2D eigenvalue weighted by atomic mass is 35.5. The van der Waals surface area contributed by atoms with Crippen LogP contribution in [0.25, 0.3) is 0 Å². The zero-order chi connectivity index (χ0) is 17.6. The van der Waals surface area contributed by atoms with Crippen LogP contribution in [0.1, 0.15) is 55.8 Å². The van der Waals surface area contributed by atoms with E-state index >= 15 is 0 Å². The molecule has 1 aliphatic heterocycles. The predicted octanol–water partition coefficient (Wildman–Crippen LogP) is 3.30. The number of halogens is 1. The molecule has 1 fully saturated rings. The molecule has 2 unspecified atom stereocenters. The Kier molecular flexibility index (Phi) is 8.03. The molecule has 0 radical (unpaired) electrons. The van der Waals surface area contributed by atoms with Gasteiger partial charge in [0.05, 0.1) is 6.54 Å². The van der Waals surface area contributed by atoms with E-state index in [9.17, 15) is 0 Å². The number of hydrogen-bond donors (Lipinski definition) is 1. The molecule has 1 aliphatic rings. The number of nitrogens with one attached hydrogen (secondary N) is 1. The fraction of sp³-hybridized carbons (Fsp3) is 0.579. The lowest BCUT2D eigenvalue weighted by Crippen LogP contribution is -2.45. The topological polar surface area (TPSA) is 63.4 Å². The Balaban J connectivity index is 0.00000243. The fourth-order valence-electron chi connectivity index (χ4n) is 3.24. The normalized spacial score (nSPS) is 19.1. The quantitative estimate of drug-likeness (QED) is 0.795.